The third kappa shape index (κ3) is 2.07. The lowest BCUT2D eigenvalue weighted by molar-refractivity contribution is -0.388. The molecule has 0 aliphatic rings. The molecule has 0 unspecified atom stereocenters. The lowest BCUT2D eigenvalue weighted by Crippen LogP contribution is -2.27. The Balaban J connectivity index is 3.18. The highest BCUT2D eigenvalue weighted by atomic mass is 16.6. The number of hydrogen-bond donors (Lipinski definition) is 1. The van der Waals surface area contributed by atoms with Crippen molar-refractivity contribution in [3.8, 4) is 0 Å². The third-order valence-corrected chi connectivity index (χ3v) is 2.27. The molecule has 0 saturated carbocycles. The van der Waals surface area contributed by atoms with E-state index in [2.05, 4.69) is 4.98 Å². The van der Waals surface area contributed by atoms with E-state index in [1.54, 1.807) is 30.5 Å². The minimum Gasteiger partial charge on any atom is -0.358 e. The molecule has 84 valence electrons. The summed E-state index contributed by atoms with van der Waals surface area (Å²) in [5.74, 6) is 0.981. The van der Waals surface area contributed by atoms with E-state index in [4.69, 9.17) is 5.73 Å². The molecule has 7 nitrogen and oxygen atoms in total. The van der Waals surface area contributed by atoms with E-state index >= 15 is 0 Å². The van der Waals surface area contributed by atoms with Crippen molar-refractivity contribution in [2.45, 2.75) is 6.92 Å². The number of nitrogens with two attached hydrogens (primary N) is 1. The molecule has 1 aromatic rings. The van der Waals surface area contributed by atoms with Crippen molar-refractivity contribution in [3.05, 3.63) is 15.9 Å². The SMILES string of the molecule is Cc1nc([N+](=O)[O-])c(N(C)CCN)n1C. The fourth-order valence-corrected chi connectivity index (χ4v) is 1.43. The van der Waals surface area contributed by atoms with Crippen LogP contribution in [0.3, 0.4) is 0 Å². The van der Waals surface area contributed by atoms with E-state index in [1.165, 1.54) is 0 Å². The Labute approximate surface area is 87.6 Å². The molecule has 1 heterocycles. The van der Waals surface area contributed by atoms with Crippen LogP contribution >= 0.6 is 0 Å². The maximum atomic E-state index is 10.8. The molecule has 0 saturated heterocycles. The van der Waals surface area contributed by atoms with Crippen LogP contribution in [0.2, 0.25) is 0 Å². The van der Waals surface area contributed by atoms with Gasteiger partial charge in [0.25, 0.3) is 0 Å². The summed E-state index contributed by atoms with van der Waals surface area (Å²) in [4.78, 5) is 15.9. The molecule has 0 atom stereocenters. The predicted octanol–water partition coefficient (Wildman–Crippen LogP) is 0.0316. The molecule has 0 amide bonds. The van der Waals surface area contributed by atoms with Gasteiger partial charge in [-0.05, 0) is 9.91 Å². The maximum Gasteiger partial charge on any atom is 0.406 e. The summed E-state index contributed by atoms with van der Waals surface area (Å²) in [5, 5.41) is 10.8. The molecule has 1 aromatic heterocycles. The Kier molecular flexibility index (Phi) is 3.25. The van der Waals surface area contributed by atoms with E-state index < -0.39 is 4.92 Å². The number of likely N-dealkylation sites (N-methyl/N-ethyl adjacent to an activating group) is 1. The van der Waals surface area contributed by atoms with Crippen molar-refractivity contribution in [2.75, 3.05) is 25.0 Å². The van der Waals surface area contributed by atoms with Crippen LogP contribution in [0, 0.1) is 17.0 Å². The smallest absolute Gasteiger partial charge is 0.358 e. The molecule has 15 heavy (non-hydrogen) atoms. The first-order valence-corrected chi connectivity index (χ1v) is 4.58. The number of nitrogens with zero attached hydrogens (tertiary/aromatic N) is 4. The molecule has 1 rings (SSSR count). The molecule has 0 fully saturated rings. The van der Waals surface area contributed by atoms with Gasteiger partial charge in [0.05, 0.1) is 0 Å². The first-order chi connectivity index (χ1) is 6.99. The number of anilines is 1. The van der Waals surface area contributed by atoms with E-state index in [9.17, 15) is 10.1 Å². The highest BCUT2D eigenvalue weighted by Gasteiger charge is 2.25. The average Bonchev–Trinajstić information content (AvgIpc) is 2.44. The number of imidazole rings is 1. The standard InChI is InChI=1S/C8H15N5O2/c1-6-10-7(13(14)15)8(12(6)3)11(2)5-4-9/h4-5,9H2,1-3H3. The first-order valence-electron chi connectivity index (χ1n) is 4.58. The molecule has 0 aromatic carbocycles. The third-order valence-electron chi connectivity index (χ3n) is 2.27. The second-order valence-electron chi connectivity index (χ2n) is 3.33. The number of hydrogen-bond acceptors (Lipinski definition) is 5. The van der Waals surface area contributed by atoms with E-state index in [0.29, 0.717) is 24.7 Å². The fourth-order valence-electron chi connectivity index (χ4n) is 1.43. The lowest BCUT2D eigenvalue weighted by atomic mass is 10.5. The van der Waals surface area contributed by atoms with Crippen molar-refractivity contribution in [1.82, 2.24) is 9.55 Å². The first kappa shape index (κ1) is 11.4. The van der Waals surface area contributed by atoms with Crippen LogP contribution in [0.5, 0.6) is 0 Å². The highest BCUT2D eigenvalue weighted by molar-refractivity contribution is 5.55. The van der Waals surface area contributed by atoms with Gasteiger partial charge in [-0.1, -0.05) is 0 Å². The predicted molar refractivity (Wildman–Crippen MR) is 56.9 cm³/mol. The minimum absolute atomic E-state index is 0.119. The summed E-state index contributed by atoms with van der Waals surface area (Å²) in [7, 11) is 3.51. The van der Waals surface area contributed by atoms with Gasteiger partial charge in [0.2, 0.25) is 11.6 Å². The van der Waals surface area contributed by atoms with Crippen LogP contribution in [-0.2, 0) is 7.05 Å². The number of rotatable bonds is 4. The van der Waals surface area contributed by atoms with Crippen LogP contribution < -0.4 is 10.6 Å². The molecule has 0 aliphatic carbocycles. The Morgan fingerprint density at radius 1 is 1.67 bits per heavy atom. The zero-order valence-corrected chi connectivity index (χ0v) is 9.10. The highest BCUT2D eigenvalue weighted by Crippen LogP contribution is 2.26. The van der Waals surface area contributed by atoms with Gasteiger partial charge >= 0.3 is 5.82 Å². The van der Waals surface area contributed by atoms with Gasteiger partial charge in [-0.25, -0.2) is 0 Å². The Morgan fingerprint density at radius 3 is 2.73 bits per heavy atom. The van der Waals surface area contributed by atoms with Gasteiger partial charge in [-0.2, -0.15) is 0 Å². The molecular formula is C8H15N5O2. The number of nitro groups is 1. The number of aryl methyl sites for hydroxylation is 1. The fraction of sp³-hybridized carbons (Fsp3) is 0.625. The molecule has 0 spiro atoms. The molecular weight excluding hydrogens is 198 g/mol. The second kappa shape index (κ2) is 4.26. The van der Waals surface area contributed by atoms with E-state index in [-0.39, 0.29) is 5.82 Å². The van der Waals surface area contributed by atoms with Crippen molar-refractivity contribution < 1.29 is 4.92 Å². The lowest BCUT2D eigenvalue weighted by Gasteiger charge is -2.17. The monoisotopic (exact) mass is 213 g/mol. The zero-order valence-electron chi connectivity index (χ0n) is 9.10. The maximum absolute atomic E-state index is 10.8. The summed E-state index contributed by atoms with van der Waals surface area (Å²) in [6.07, 6.45) is 0. The summed E-state index contributed by atoms with van der Waals surface area (Å²) < 4.78 is 1.69. The van der Waals surface area contributed by atoms with Crippen LogP contribution in [0.1, 0.15) is 5.82 Å². The Hall–Kier alpha value is -1.63. The average molecular weight is 213 g/mol. The second-order valence-corrected chi connectivity index (χ2v) is 3.33. The number of aromatic nitrogens is 2. The van der Waals surface area contributed by atoms with E-state index in [1.807, 2.05) is 0 Å². The van der Waals surface area contributed by atoms with Gasteiger partial charge in [-0.3, -0.25) is 4.57 Å². The molecule has 0 aliphatic heterocycles. The summed E-state index contributed by atoms with van der Waals surface area (Å²) in [5.41, 5.74) is 5.41. The largest absolute Gasteiger partial charge is 0.406 e. The topological polar surface area (TPSA) is 90.2 Å². The van der Waals surface area contributed by atoms with Crippen LogP contribution in [0.25, 0.3) is 0 Å². The van der Waals surface area contributed by atoms with Crippen molar-refractivity contribution in [2.24, 2.45) is 12.8 Å². The zero-order chi connectivity index (χ0) is 11.6. The van der Waals surface area contributed by atoms with Crippen LogP contribution in [0.15, 0.2) is 0 Å². The van der Waals surface area contributed by atoms with Crippen LogP contribution in [-0.4, -0.2) is 34.6 Å². The van der Waals surface area contributed by atoms with Gasteiger partial charge in [0.1, 0.15) is 0 Å². The normalized spacial score (nSPS) is 10.4. The molecule has 2 N–H and O–H groups in total. The Bertz CT molecular complexity index is 373. The van der Waals surface area contributed by atoms with Crippen LogP contribution in [0.4, 0.5) is 11.6 Å². The van der Waals surface area contributed by atoms with Crippen molar-refractivity contribution >= 4 is 11.6 Å². The summed E-state index contributed by atoms with van der Waals surface area (Å²) in [6, 6.07) is 0. The van der Waals surface area contributed by atoms with Gasteiger partial charge < -0.3 is 20.7 Å². The van der Waals surface area contributed by atoms with Crippen molar-refractivity contribution in [1.29, 1.82) is 0 Å². The summed E-state index contributed by atoms with van der Waals surface area (Å²) >= 11 is 0. The molecule has 0 bridgehead atoms. The van der Waals surface area contributed by atoms with E-state index in [0.717, 1.165) is 0 Å². The summed E-state index contributed by atoms with van der Waals surface area (Å²) in [6.45, 7) is 2.73. The molecule has 7 heteroatoms. The van der Waals surface area contributed by atoms with Gasteiger partial charge in [0, 0.05) is 34.1 Å². The van der Waals surface area contributed by atoms with Gasteiger partial charge in [-0.15, -0.1) is 0 Å². The quantitative estimate of drug-likeness (QED) is 0.563. The Morgan fingerprint density at radius 2 is 2.27 bits per heavy atom. The van der Waals surface area contributed by atoms with Crippen molar-refractivity contribution in [3.63, 3.8) is 0 Å². The van der Waals surface area contributed by atoms with Gasteiger partial charge in [0.15, 0.2) is 0 Å². The molecule has 0 radical (unpaired) electrons. The minimum atomic E-state index is -0.477.